The summed E-state index contributed by atoms with van der Waals surface area (Å²) in [5.41, 5.74) is 1.28. The first-order valence-corrected chi connectivity index (χ1v) is 6.46. The van der Waals surface area contributed by atoms with Crippen molar-refractivity contribution in [2.75, 3.05) is 13.1 Å². The Kier molecular flexibility index (Phi) is 4.20. The van der Waals surface area contributed by atoms with Gasteiger partial charge < -0.3 is 15.4 Å². The maximum atomic E-state index is 5.81. The van der Waals surface area contributed by atoms with E-state index in [1.54, 1.807) is 0 Å². The summed E-state index contributed by atoms with van der Waals surface area (Å²) >= 11 is 5.16. The number of nitrogens with one attached hydrogen (secondary N) is 2. The molecule has 0 saturated heterocycles. The molecule has 2 N–H and O–H groups in total. The van der Waals surface area contributed by atoms with Crippen LogP contribution in [0.15, 0.2) is 24.3 Å². The number of hydrogen-bond acceptors (Lipinski definition) is 2. The molecule has 0 saturated carbocycles. The molecule has 1 aromatic carbocycles. The molecule has 92 valence electrons. The highest BCUT2D eigenvalue weighted by Crippen LogP contribution is 2.27. The van der Waals surface area contributed by atoms with Crippen molar-refractivity contribution in [2.45, 2.75) is 25.9 Å². The van der Waals surface area contributed by atoms with Crippen molar-refractivity contribution < 1.29 is 4.74 Å². The summed E-state index contributed by atoms with van der Waals surface area (Å²) < 4.78 is 5.81. The van der Waals surface area contributed by atoms with Gasteiger partial charge in [-0.05, 0) is 30.3 Å². The molecule has 4 heteroatoms. The fraction of sp³-hybridized carbons (Fsp3) is 0.462. The molecule has 1 aromatic rings. The van der Waals surface area contributed by atoms with Crippen LogP contribution < -0.4 is 15.4 Å². The van der Waals surface area contributed by atoms with E-state index < -0.39 is 0 Å². The molecule has 1 heterocycles. The van der Waals surface area contributed by atoms with E-state index in [0.717, 1.165) is 31.7 Å². The van der Waals surface area contributed by atoms with Crippen LogP contribution in [0.25, 0.3) is 0 Å². The molecular formula is C13H18N2OS. The second-order valence-electron chi connectivity index (χ2n) is 4.19. The smallest absolute Gasteiger partial charge is 0.166 e. The SMILES string of the molecule is CCCNC(=S)NCC1Cc2ccccc2O1. The first-order chi connectivity index (χ1) is 8.29. The number of thiocarbonyl (C=S) groups is 1. The molecule has 1 aliphatic rings. The van der Waals surface area contributed by atoms with Gasteiger partial charge in [0.1, 0.15) is 11.9 Å². The highest BCUT2D eigenvalue weighted by molar-refractivity contribution is 7.80. The highest BCUT2D eigenvalue weighted by atomic mass is 32.1. The molecule has 0 spiro atoms. The van der Waals surface area contributed by atoms with Gasteiger partial charge in [0, 0.05) is 13.0 Å². The third-order valence-electron chi connectivity index (χ3n) is 2.74. The van der Waals surface area contributed by atoms with Gasteiger partial charge in [-0.1, -0.05) is 25.1 Å². The molecule has 0 radical (unpaired) electrons. The van der Waals surface area contributed by atoms with Crippen molar-refractivity contribution in [3.8, 4) is 5.75 Å². The second-order valence-corrected chi connectivity index (χ2v) is 4.60. The van der Waals surface area contributed by atoms with Gasteiger partial charge in [0.05, 0.1) is 6.54 Å². The van der Waals surface area contributed by atoms with E-state index in [0.29, 0.717) is 5.11 Å². The third kappa shape index (κ3) is 3.33. The summed E-state index contributed by atoms with van der Waals surface area (Å²) in [4.78, 5) is 0. The third-order valence-corrected chi connectivity index (χ3v) is 3.03. The van der Waals surface area contributed by atoms with E-state index in [9.17, 15) is 0 Å². The first-order valence-electron chi connectivity index (χ1n) is 6.06. The summed E-state index contributed by atoms with van der Waals surface area (Å²) in [5.74, 6) is 1.01. The standard InChI is InChI=1S/C13H18N2OS/c1-2-7-14-13(17)15-9-11-8-10-5-3-4-6-12(10)16-11/h3-6,11H,2,7-9H2,1H3,(H2,14,15,17). The molecule has 0 amide bonds. The van der Waals surface area contributed by atoms with Crippen molar-refractivity contribution in [3.63, 3.8) is 0 Å². The van der Waals surface area contributed by atoms with E-state index in [4.69, 9.17) is 17.0 Å². The van der Waals surface area contributed by atoms with Gasteiger partial charge in [0.2, 0.25) is 0 Å². The lowest BCUT2D eigenvalue weighted by Gasteiger charge is -2.14. The highest BCUT2D eigenvalue weighted by Gasteiger charge is 2.21. The molecule has 0 fully saturated rings. The van der Waals surface area contributed by atoms with Crippen LogP contribution in [0.4, 0.5) is 0 Å². The fourth-order valence-electron chi connectivity index (χ4n) is 1.88. The molecule has 2 rings (SSSR count). The molecular weight excluding hydrogens is 232 g/mol. The van der Waals surface area contributed by atoms with E-state index in [2.05, 4.69) is 23.6 Å². The van der Waals surface area contributed by atoms with Gasteiger partial charge in [0.25, 0.3) is 0 Å². The van der Waals surface area contributed by atoms with E-state index in [1.807, 2.05) is 18.2 Å². The maximum Gasteiger partial charge on any atom is 0.166 e. The predicted octanol–water partition coefficient (Wildman–Crippen LogP) is 1.86. The normalized spacial score (nSPS) is 17.1. The zero-order valence-corrected chi connectivity index (χ0v) is 10.8. The first kappa shape index (κ1) is 12.2. The lowest BCUT2D eigenvalue weighted by molar-refractivity contribution is 0.235. The Bertz CT molecular complexity index is 370. The van der Waals surface area contributed by atoms with Crippen LogP contribution in [0, 0.1) is 0 Å². The van der Waals surface area contributed by atoms with E-state index in [1.165, 1.54) is 5.56 Å². The zero-order valence-electron chi connectivity index (χ0n) is 10.0. The van der Waals surface area contributed by atoms with Crippen LogP contribution in [-0.4, -0.2) is 24.3 Å². The van der Waals surface area contributed by atoms with Crippen LogP contribution >= 0.6 is 12.2 Å². The molecule has 0 aliphatic carbocycles. The fourth-order valence-corrected chi connectivity index (χ4v) is 2.06. The number of rotatable bonds is 4. The van der Waals surface area contributed by atoms with Crippen LogP contribution in [0.1, 0.15) is 18.9 Å². The Labute approximate surface area is 108 Å². The summed E-state index contributed by atoms with van der Waals surface area (Å²) in [6, 6.07) is 8.18. The van der Waals surface area contributed by atoms with Crippen molar-refractivity contribution in [2.24, 2.45) is 0 Å². The molecule has 0 bridgehead atoms. The van der Waals surface area contributed by atoms with Gasteiger partial charge >= 0.3 is 0 Å². The topological polar surface area (TPSA) is 33.3 Å². The minimum Gasteiger partial charge on any atom is -0.488 e. The van der Waals surface area contributed by atoms with Gasteiger partial charge in [-0.15, -0.1) is 0 Å². The van der Waals surface area contributed by atoms with Crippen LogP contribution in [0.3, 0.4) is 0 Å². The quantitative estimate of drug-likeness (QED) is 0.799. The van der Waals surface area contributed by atoms with Crippen molar-refractivity contribution in [1.82, 2.24) is 10.6 Å². The number of ether oxygens (including phenoxy) is 1. The number of hydrogen-bond donors (Lipinski definition) is 2. The summed E-state index contributed by atoms with van der Waals surface area (Å²) in [6.07, 6.45) is 2.22. The number of fused-ring (bicyclic) bond motifs is 1. The Balaban J connectivity index is 1.75. The number of para-hydroxylation sites is 1. The summed E-state index contributed by atoms with van der Waals surface area (Å²) in [6.45, 7) is 3.79. The maximum absolute atomic E-state index is 5.81. The Morgan fingerprint density at radius 3 is 3.00 bits per heavy atom. The van der Waals surface area contributed by atoms with Crippen LogP contribution in [0.2, 0.25) is 0 Å². The van der Waals surface area contributed by atoms with Gasteiger partial charge in [-0.3, -0.25) is 0 Å². The molecule has 0 aromatic heterocycles. The van der Waals surface area contributed by atoms with Crippen LogP contribution in [-0.2, 0) is 6.42 Å². The molecule has 1 unspecified atom stereocenters. The van der Waals surface area contributed by atoms with E-state index >= 15 is 0 Å². The van der Waals surface area contributed by atoms with Gasteiger partial charge in [-0.25, -0.2) is 0 Å². The number of benzene rings is 1. The van der Waals surface area contributed by atoms with Crippen molar-refractivity contribution in [1.29, 1.82) is 0 Å². The van der Waals surface area contributed by atoms with Gasteiger partial charge in [0.15, 0.2) is 5.11 Å². The van der Waals surface area contributed by atoms with Crippen molar-refractivity contribution in [3.05, 3.63) is 29.8 Å². The zero-order chi connectivity index (χ0) is 12.1. The van der Waals surface area contributed by atoms with Crippen LogP contribution in [0.5, 0.6) is 5.75 Å². The monoisotopic (exact) mass is 250 g/mol. The largest absolute Gasteiger partial charge is 0.488 e. The summed E-state index contributed by atoms with van der Waals surface area (Å²) in [7, 11) is 0. The predicted molar refractivity (Wildman–Crippen MR) is 73.5 cm³/mol. The molecule has 17 heavy (non-hydrogen) atoms. The van der Waals surface area contributed by atoms with Crippen molar-refractivity contribution >= 4 is 17.3 Å². The van der Waals surface area contributed by atoms with E-state index in [-0.39, 0.29) is 6.10 Å². The minimum atomic E-state index is 0.189. The van der Waals surface area contributed by atoms with Gasteiger partial charge in [-0.2, -0.15) is 0 Å². The lowest BCUT2D eigenvalue weighted by atomic mass is 10.1. The Hall–Kier alpha value is -1.29. The molecule has 3 nitrogen and oxygen atoms in total. The summed E-state index contributed by atoms with van der Waals surface area (Å²) in [5, 5.41) is 7.05. The second kappa shape index (κ2) is 5.87. The minimum absolute atomic E-state index is 0.189. The lowest BCUT2D eigenvalue weighted by Crippen LogP contribution is -2.40. The Morgan fingerprint density at radius 2 is 2.24 bits per heavy atom. The average molecular weight is 250 g/mol. The molecule has 1 atom stereocenters. The Morgan fingerprint density at radius 1 is 1.41 bits per heavy atom. The molecule has 1 aliphatic heterocycles. The average Bonchev–Trinajstić information content (AvgIpc) is 2.76.